The zero-order valence-electron chi connectivity index (χ0n) is 28.2. The Hall–Kier alpha value is -7.36. The minimum absolute atomic E-state index is 0.195. The van der Waals surface area contributed by atoms with Crippen molar-refractivity contribution < 1.29 is 18.9 Å². The van der Waals surface area contributed by atoms with Crippen molar-refractivity contribution in [3.63, 3.8) is 0 Å². The summed E-state index contributed by atoms with van der Waals surface area (Å²) in [5.41, 5.74) is 2.61. The molecule has 0 aliphatic heterocycles. The van der Waals surface area contributed by atoms with Crippen LogP contribution in [0.25, 0.3) is 22.7 Å². The molecule has 0 unspecified atom stereocenters. The Labute approximate surface area is 302 Å². The molecule has 0 atom stereocenters. The van der Waals surface area contributed by atoms with Crippen LogP contribution in [0.1, 0.15) is 0 Å². The Morgan fingerprint density at radius 2 is 0.566 bits per heavy atom. The minimum atomic E-state index is -0.815. The van der Waals surface area contributed by atoms with Gasteiger partial charge >= 0.3 is 0 Å². The van der Waals surface area contributed by atoms with E-state index in [9.17, 15) is 0 Å². The lowest BCUT2D eigenvalue weighted by Gasteiger charge is -2.33. The van der Waals surface area contributed by atoms with Gasteiger partial charge in [0.15, 0.2) is 0 Å². The molecule has 0 N–H and O–H groups in total. The molecule has 0 amide bonds. The van der Waals surface area contributed by atoms with E-state index in [0.717, 1.165) is 22.7 Å². The predicted molar refractivity (Wildman–Crippen MR) is 190 cm³/mol. The maximum absolute atomic E-state index is 6.47. The molecule has 53 heavy (non-hydrogen) atoms. The van der Waals surface area contributed by atoms with Gasteiger partial charge in [0.2, 0.25) is 0 Å². The lowest BCUT2D eigenvalue weighted by molar-refractivity contribution is -0.00351. The average Bonchev–Trinajstić information content (AvgIpc) is 4.07. The zero-order chi connectivity index (χ0) is 35.7. The van der Waals surface area contributed by atoms with Gasteiger partial charge in [-0.1, -0.05) is 0 Å². The number of benzene rings is 4. The highest BCUT2D eigenvalue weighted by Crippen LogP contribution is 2.28. The van der Waals surface area contributed by atoms with Crippen molar-refractivity contribution in [2.75, 3.05) is 26.4 Å². The molecule has 0 bridgehead atoms. The molecule has 8 rings (SSSR count). The highest BCUT2D eigenvalue weighted by atomic mass is 16.5. The van der Waals surface area contributed by atoms with E-state index in [1.807, 2.05) is 97.1 Å². The Kier molecular flexibility index (Phi) is 9.45. The fraction of sp³-hybridized carbons (Fsp3) is 0.135. The third kappa shape index (κ3) is 8.01. The summed E-state index contributed by atoms with van der Waals surface area (Å²) in [5.74, 6) is 2.63. The first-order chi connectivity index (χ1) is 26.2. The van der Waals surface area contributed by atoms with Gasteiger partial charge in [-0.2, -0.15) is 20.4 Å². The Morgan fingerprint density at radius 1 is 0.340 bits per heavy atom. The van der Waals surface area contributed by atoms with Gasteiger partial charge in [-0.15, -0.1) is 0 Å². The van der Waals surface area contributed by atoms with Crippen molar-refractivity contribution in [1.29, 1.82) is 0 Å². The first-order valence-electron chi connectivity index (χ1n) is 16.5. The largest absolute Gasteiger partial charge is 0.493 e. The first kappa shape index (κ1) is 32.8. The van der Waals surface area contributed by atoms with Gasteiger partial charge in [-0.3, -0.25) is 0 Å². The van der Waals surface area contributed by atoms with E-state index in [2.05, 4.69) is 40.3 Å². The number of ether oxygens (including phenoxy) is 4. The van der Waals surface area contributed by atoms with Gasteiger partial charge in [0.1, 0.15) is 105 Å². The molecule has 0 saturated heterocycles. The van der Waals surface area contributed by atoms with E-state index in [-0.39, 0.29) is 26.4 Å². The molecule has 16 nitrogen and oxygen atoms in total. The molecule has 0 fully saturated rings. The molecular weight excluding hydrogens is 676 g/mol. The molecule has 4 heterocycles. The summed E-state index contributed by atoms with van der Waals surface area (Å²) in [6, 6.07) is 30.4. The Morgan fingerprint density at radius 3 is 0.755 bits per heavy atom. The van der Waals surface area contributed by atoms with Crippen LogP contribution in [-0.4, -0.2) is 85.5 Å². The average molecular weight is 709 g/mol. The van der Waals surface area contributed by atoms with Crippen LogP contribution in [0.15, 0.2) is 148 Å². The number of hydrogen-bond donors (Lipinski definition) is 0. The molecular formula is C37H32N12O4. The van der Waals surface area contributed by atoms with Crippen LogP contribution in [0.3, 0.4) is 0 Å². The number of nitrogens with zero attached hydrogens (tertiary/aromatic N) is 12. The summed E-state index contributed by atoms with van der Waals surface area (Å²) in [6.45, 7) is 0.781. The summed E-state index contributed by atoms with van der Waals surface area (Å²) in [4.78, 5) is 16.1. The van der Waals surface area contributed by atoms with Gasteiger partial charge < -0.3 is 18.9 Å². The molecule has 0 aliphatic rings. The summed E-state index contributed by atoms with van der Waals surface area (Å²) in [7, 11) is 0. The van der Waals surface area contributed by atoms with Crippen LogP contribution >= 0.6 is 0 Å². The van der Waals surface area contributed by atoms with Crippen LogP contribution in [-0.2, 0) is 0 Å². The van der Waals surface area contributed by atoms with E-state index in [4.69, 9.17) is 18.9 Å². The van der Waals surface area contributed by atoms with Gasteiger partial charge in [-0.05, 0) is 97.1 Å². The number of hydrogen-bond acceptors (Lipinski definition) is 12. The topological polar surface area (TPSA) is 160 Å². The quantitative estimate of drug-likeness (QED) is 0.137. The van der Waals surface area contributed by atoms with Crippen molar-refractivity contribution in [1.82, 2.24) is 59.1 Å². The van der Waals surface area contributed by atoms with Crippen molar-refractivity contribution in [2.45, 2.75) is 0 Å². The minimum Gasteiger partial charge on any atom is -0.493 e. The second-order valence-electron chi connectivity index (χ2n) is 12.0. The summed E-state index contributed by atoms with van der Waals surface area (Å²) in [6.07, 6.45) is 12.5. The fourth-order valence-corrected chi connectivity index (χ4v) is 5.34. The predicted octanol–water partition coefficient (Wildman–Crippen LogP) is 4.61. The van der Waals surface area contributed by atoms with Crippen LogP contribution in [0, 0.1) is 5.41 Å². The molecule has 8 aromatic rings. The summed E-state index contributed by atoms with van der Waals surface area (Å²) >= 11 is 0. The third-order valence-electron chi connectivity index (χ3n) is 8.26. The SMILES string of the molecule is c1ncn(-c2ccc(OCC(COc3ccc(-n4cncn4)cc3)(COc3ccc(-n4cncn4)cc3)COc3ccc(-n4cncn4)cc3)cc2)n1. The summed E-state index contributed by atoms with van der Waals surface area (Å²) < 4.78 is 32.6. The van der Waals surface area contributed by atoms with Crippen LogP contribution < -0.4 is 18.9 Å². The smallest absolute Gasteiger partial charge is 0.138 e. The van der Waals surface area contributed by atoms with Gasteiger partial charge in [-0.25, -0.2) is 38.7 Å². The van der Waals surface area contributed by atoms with Crippen LogP contribution in [0.2, 0.25) is 0 Å². The van der Waals surface area contributed by atoms with Crippen LogP contribution in [0.5, 0.6) is 23.0 Å². The van der Waals surface area contributed by atoms with Crippen molar-refractivity contribution >= 4 is 0 Å². The first-order valence-corrected chi connectivity index (χ1v) is 16.5. The van der Waals surface area contributed by atoms with Gasteiger partial charge in [0, 0.05) is 0 Å². The van der Waals surface area contributed by atoms with Gasteiger partial charge in [0.25, 0.3) is 0 Å². The third-order valence-corrected chi connectivity index (χ3v) is 8.26. The molecule has 16 heteroatoms. The molecule has 264 valence electrons. The van der Waals surface area contributed by atoms with E-state index in [0.29, 0.717) is 23.0 Å². The molecule has 0 saturated carbocycles. The van der Waals surface area contributed by atoms with E-state index < -0.39 is 5.41 Å². The molecule has 0 radical (unpaired) electrons. The monoisotopic (exact) mass is 708 g/mol. The van der Waals surface area contributed by atoms with E-state index >= 15 is 0 Å². The Balaban J connectivity index is 1.06. The highest BCUT2D eigenvalue weighted by molar-refractivity contribution is 5.39. The standard InChI is InChI=1S/C37H32N12O4/c1-9-33(10-2-29(1)46-25-38-21-42-46)50-17-37(18-51-34-11-3-30(4-12-34)47-26-39-22-43-47,19-52-35-13-5-31(6-14-35)48-27-40-23-44-48)20-53-36-15-7-32(8-16-36)49-28-41-24-45-49/h1-16,21-28H,17-20H2. The van der Waals surface area contributed by atoms with Gasteiger partial charge in [0.05, 0.1) is 22.7 Å². The normalized spacial score (nSPS) is 11.3. The van der Waals surface area contributed by atoms with Crippen LogP contribution in [0.4, 0.5) is 0 Å². The fourth-order valence-electron chi connectivity index (χ4n) is 5.34. The lowest BCUT2D eigenvalue weighted by Crippen LogP contribution is -2.45. The number of rotatable bonds is 16. The Bertz CT molecular complexity index is 1930. The van der Waals surface area contributed by atoms with Crippen molar-refractivity contribution in [2.24, 2.45) is 5.41 Å². The van der Waals surface area contributed by atoms with Crippen molar-refractivity contribution in [3.8, 4) is 45.7 Å². The molecule has 0 spiro atoms. The van der Waals surface area contributed by atoms with E-state index in [1.54, 1.807) is 44.0 Å². The maximum atomic E-state index is 6.47. The molecule has 4 aromatic carbocycles. The van der Waals surface area contributed by atoms with E-state index in [1.165, 1.54) is 25.3 Å². The maximum Gasteiger partial charge on any atom is 0.138 e. The zero-order valence-corrected chi connectivity index (χ0v) is 28.2. The molecule has 0 aliphatic carbocycles. The molecule has 4 aromatic heterocycles. The summed E-state index contributed by atoms with van der Waals surface area (Å²) in [5, 5.41) is 16.8. The lowest BCUT2D eigenvalue weighted by atomic mass is 9.92. The second-order valence-corrected chi connectivity index (χ2v) is 12.0. The van der Waals surface area contributed by atoms with Crippen molar-refractivity contribution in [3.05, 3.63) is 148 Å². The second kappa shape index (κ2) is 15.3. The number of aromatic nitrogens is 12. The highest BCUT2D eigenvalue weighted by Gasteiger charge is 2.36.